The molecular weight excluding hydrogens is 359 g/mol. The highest BCUT2D eigenvalue weighted by atomic mass is 32.2. The van der Waals surface area contributed by atoms with Crippen molar-refractivity contribution in [1.82, 2.24) is 10.8 Å². The molecule has 151 valence electrons. The molecule has 3 radical (unpaired) electrons. The Balaban J connectivity index is 0. The molecule has 0 aromatic heterocycles. The van der Waals surface area contributed by atoms with E-state index in [4.69, 9.17) is 5.21 Å². The van der Waals surface area contributed by atoms with E-state index in [9.17, 15) is 9.59 Å². The Hall–Kier alpha value is -1.47. The van der Waals surface area contributed by atoms with Gasteiger partial charge in [-0.05, 0) is 53.4 Å². The highest BCUT2D eigenvalue weighted by molar-refractivity contribution is 7.99. The van der Waals surface area contributed by atoms with E-state index in [2.05, 4.69) is 51.2 Å². The van der Waals surface area contributed by atoms with Crippen molar-refractivity contribution < 1.29 is 14.8 Å². The van der Waals surface area contributed by atoms with E-state index in [1.54, 1.807) is 17.2 Å². The monoisotopic (exact) mass is 393 g/mol. The normalized spacial score (nSPS) is 12.7. The summed E-state index contributed by atoms with van der Waals surface area (Å²) in [5.41, 5.74) is 5.70. The van der Waals surface area contributed by atoms with Gasteiger partial charge in [0.05, 0.1) is 0 Å². The van der Waals surface area contributed by atoms with Gasteiger partial charge in [0, 0.05) is 26.8 Å². The van der Waals surface area contributed by atoms with E-state index in [0.29, 0.717) is 5.75 Å². The molecule has 0 saturated heterocycles. The van der Waals surface area contributed by atoms with Gasteiger partial charge in [-0.3, -0.25) is 14.8 Å². The Labute approximate surface area is 170 Å². The van der Waals surface area contributed by atoms with Gasteiger partial charge >= 0.3 is 0 Å². The predicted octanol–water partition coefficient (Wildman–Crippen LogP) is 3.77. The fraction of sp³-hybridized carbons (Fsp3) is 0.600. The summed E-state index contributed by atoms with van der Waals surface area (Å²) in [6.07, 6.45) is 11.0. The average molecular weight is 393 g/mol. The number of carbonyl (C=O) groups is 2. The summed E-state index contributed by atoms with van der Waals surface area (Å²) >= 11 is 1.54. The summed E-state index contributed by atoms with van der Waals surface area (Å²) in [5.74, 6) is 0.294. The van der Waals surface area contributed by atoms with E-state index in [0.717, 1.165) is 31.4 Å². The fourth-order valence-electron chi connectivity index (χ4n) is 2.23. The molecule has 27 heavy (non-hydrogen) atoms. The van der Waals surface area contributed by atoms with Crippen molar-refractivity contribution in [3.8, 4) is 0 Å². The largest absolute Gasteiger partial charge is 0.344 e. The molecule has 7 heteroatoms. The lowest BCUT2D eigenvalue weighted by Crippen LogP contribution is -2.46. The summed E-state index contributed by atoms with van der Waals surface area (Å²) in [6.45, 7) is 9.89. The standard InChI is InChI=1S/C20H34N2O3S.B/c1-15(2)8-6-9-16(3)10-7-11-17(4)12-13-26-14-19(20(24)22-25)21-18(5)23;/h8,10,12,19,25H,6-7,9,11,13-14H2,1-5H3,(H,21,23)(H,22,24);/b16-10+,17-12+;/t19-;/m0./s1. The van der Waals surface area contributed by atoms with Gasteiger partial charge in [0.25, 0.3) is 5.91 Å². The van der Waals surface area contributed by atoms with Gasteiger partial charge in [0.1, 0.15) is 6.04 Å². The summed E-state index contributed by atoms with van der Waals surface area (Å²) < 4.78 is 0. The van der Waals surface area contributed by atoms with E-state index < -0.39 is 11.9 Å². The highest BCUT2D eigenvalue weighted by Gasteiger charge is 2.18. The second-order valence-electron chi connectivity index (χ2n) is 6.73. The lowest BCUT2D eigenvalue weighted by atomic mass is 10.1. The maximum Gasteiger partial charge on any atom is 0.266 e. The second kappa shape index (κ2) is 16.7. The minimum Gasteiger partial charge on any atom is -0.344 e. The maximum absolute atomic E-state index is 11.5. The number of thioether (sulfide) groups is 1. The van der Waals surface area contributed by atoms with Crippen LogP contribution in [0.4, 0.5) is 0 Å². The molecule has 0 bridgehead atoms. The average Bonchev–Trinajstić information content (AvgIpc) is 2.56. The zero-order valence-corrected chi connectivity index (χ0v) is 18.1. The van der Waals surface area contributed by atoms with Crippen LogP contribution in [-0.4, -0.2) is 43.0 Å². The zero-order valence-electron chi connectivity index (χ0n) is 17.3. The second-order valence-corrected chi connectivity index (χ2v) is 7.80. The Morgan fingerprint density at radius 3 is 2.04 bits per heavy atom. The molecule has 0 aromatic rings. The number of hydroxylamine groups is 1. The quantitative estimate of drug-likeness (QED) is 0.155. The van der Waals surface area contributed by atoms with E-state index in [-0.39, 0.29) is 14.3 Å². The highest BCUT2D eigenvalue weighted by Crippen LogP contribution is 2.13. The molecule has 3 N–H and O–H groups in total. The zero-order chi connectivity index (χ0) is 19.9. The van der Waals surface area contributed by atoms with Gasteiger partial charge in [0.15, 0.2) is 0 Å². The number of allylic oxidation sites excluding steroid dienone is 5. The van der Waals surface area contributed by atoms with Crippen LogP contribution in [0, 0.1) is 0 Å². The predicted molar refractivity (Wildman–Crippen MR) is 116 cm³/mol. The third kappa shape index (κ3) is 16.4. The minimum atomic E-state index is -0.720. The smallest absolute Gasteiger partial charge is 0.266 e. The molecule has 0 saturated carbocycles. The first-order valence-electron chi connectivity index (χ1n) is 8.99. The van der Waals surface area contributed by atoms with E-state index >= 15 is 0 Å². The van der Waals surface area contributed by atoms with E-state index in [1.165, 1.54) is 23.6 Å². The third-order valence-electron chi connectivity index (χ3n) is 3.76. The molecule has 0 aliphatic heterocycles. The number of amides is 2. The number of hydrogen-bond donors (Lipinski definition) is 3. The lowest BCUT2D eigenvalue weighted by molar-refractivity contribution is -0.133. The molecule has 0 aromatic carbocycles. The first-order chi connectivity index (χ1) is 12.3. The Kier molecular flexibility index (Phi) is 17.2. The van der Waals surface area contributed by atoms with Crippen LogP contribution in [0.1, 0.15) is 60.3 Å². The van der Waals surface area contributed by atoms with Crippen molar-refractivity contribution in [1.29, 1.82) is 0 Å². The number of carbonyl (C=O) groups excluding carboxylic acids is 2. The van der Waals surface area contributed by atoms with Crippen LogP contribution >= 0.6 is 11.8 Å². The van der Waals surface area contributed by atoms with Crippen molar-refractivity contribution in [2.45, 2.75) is 66.3 Å². The van der Waals surface area contributed by atoms with Crippen LogP contribution in [0.15, 0.2) is 34.9 Å². The molecule has 0 spiro atoms. The topological polar surface area (TPSA) is 78.4 Å². The van der Waals surface area contributed by atoms with Crippen LogP contribution in [-0.2, 0) is 9.59 Å². The Morgan fingerprint density at radius 1 is 0.963 bits per heavy atom. The van der Waals surface area contributed by atoms with Crippen LogP contribution < -0.4 is 10.8 Å². The van der Waals surface area contributed by atoms with Gasteiger partial charge in [-0.2, -0.15) is 11.8 Å². The summed E-state index contributed by atoms with van der Waals surface area (Å²) in [7, 11) is 0. The molecule has 5 nitrogen and oxygen atoms in total. The number of hydrogen-bond acceptors (Lipinski definition) is 4. The van der Waals surface area contributed by atoms with Crippen LogP contribution in [0.3, 0.4) is 0 Å². The molecular formula is C20H34BN2O3S. The molecule has 0 aliphatic carbocycles. The Morgan fingerprint density at radius 2 is 1.52 bits per heavy atom. The first-order valence-corrected chi connectivity index (χ1v) is 10.1. The summed E-state index contributed by atoms with van der Waals surface area (Å²) in [5, 5.41) is 11.2. The lowest BCUT2D eigenvalue weighted by Gasteiger charge is -2.14. The third-order valence-corrected chi connectivity index (χ3v) is 4.73. The molecule has 1 atom stereocenters. The molecule has 0 aliphatic rings. The van der Waals surface area contributed by atoms with Crippen LogP contribution in [0.25, 0.3) is 0 Å². The fourth-order valence-corrected chi connectivity index (χ4v) is 3.24. The molecule has 0 fully saturated rings. The van der Waals surface area contributed by atoms with Gasteiger partial charge in [-0.1, -0.05) is 34.9 Å². The van der Waals surface area contributed by atoms with Crippen molar-refractivity contribution in [3.63, 3.8) is 0 Å². The van der Waals surface area contributed by atoms with Crippen molar-refractivity contribution in [2.24, 2.45) is 0 Å². The summed E-state index contributed by atoms with van der Waals surface area (Å²) in [4.78, 5) is 22.6. The van der Waals surface area contributed by atoms with E-state index in [1.807, 2.05) is 0 Å². The Bertz CT molecular complexity index is 541. The summed E-state index contributed by atoms with van der Waals surface area (Å²) in [6, 6.07) is -0.720. The van der Waals surface area contributed by atoms with Gasteiger partial charge < -0.3 is 5.32 Å². The SMILES string of the molecule is CC(=O)N[C@@H](CSC/C=C(\C)CC/C=C(\C)CCC=C(C)C)C(=O)NO.[B]. The van der Waals surface area contributed by atoms with Gasteiger partial charge in [-0.15, -0.1) is 0 Å². The van der Waals surface area contributed by atoms with Gasteiger partial charge in [0.2, 0.25) is 5.91 Å². The number of nitrogens with one attached hydrogen (secondary N) is 2. The maximum atomic E-state index is 11.5. The van der Waals surface area contributed by atoms with Crippen LogP contribution in [0.5, 0.6) is 0 Å². The molecule has 0 heterocycles. The van der Waals surface area contributed by atoms with Crippen molar-refractivity contribution >= 4 is 32.0 Å². The first kappa shape index (κ1) is 27.8. The van der Waals surface area contributed by atoms with Crippen molar-refractivity contribution in [3.05, 3.63) is 34.9 Å². The minimum absolute atomic E-state index is 0. The molecule has 2 amide bonds. The number of rotatable bonds is 12. The van der Waals surface area contributed by atoms with Gasteiger partial charge in [-0.25, -0.2) is 5.48 Å². The van der Waals surface area contributed by atoms with Crippen molar-refractivity contribution in [2.75, 3.05) is 11.5 Å². The molecule has 0 unspecified atom stereocenters. The molecule has 0 rings (SSSR count). The van der Waals surface area contributed by atoms with Crippen LogP contribution in [0.2, 0.25) is 0 Å².